The van der Waals surface area contributed by atoms with E-state index in [0.717, 1.165) is 12.8 Å². The van der Waals surface area contributed by atoms with Gasteiger partial charge in [-0.3, -0.25) is 9.59 Å². The lowest BCUT2D eigenvalue weighted by Crippen LogP contribution is -2.31. The second kappa shape index (κ2) is 5.07. The Morgan fingerprint density at radius 1 is 1.44 bits per heavy atom. The highest BCUT2D eigenvalue weighted by Gasteiger charge is 2.42. The molecule has 0 bridgehead atoms. The normalized spacial score (nSPS) is 16.1. The SMILES string of the molecule is CC(=O)Nc1ccc(C(=O)NCC2(CO)CC2)s1. The van der Waals surface area contributed by atoms with Gasteiger partial charge in [0.25, 0.3) is 5.91 Å². The number of aliphatic hydroxyl groups is 1. The number of thiophene rings is 1. The van der Waals surface area contributed by atoms with Crippen LogP contribution in [0.4, 0.5) is 5.00 Å². The van der Waals surface area contributed by atoms with Crippen molar-refractivity contribution < 1.29 is 14.7 Å². The molecule has 0 aromatic carbocycles. The Hall–Kier alpha value is -1.40. The third-order valence-corrected chi connectivity index (χ3v) is 4.04. The topological polar surface area (TPSA) is 78.4 Å². The average molecular weight is 268 g/mol. The maximum absolute atomic E-state index is 11.8. The molecule has 0 aliphatic heterocycles. The molecule has 1 aliphatic carbocycles. The average Bonchev–Trinajstić information content (AvgIpc) is 2.98. The number of hydrogen-bond acceptors (Lipinski definition) is 4. The molecule has 1 aromatic rings. The molecule has 98 valence electrons. The summed E-state index contributed by atoms with van der Waals surface area (Å²) in [6.45, 7) is 2.06. The van der Waals surface area contributed by atoms with Crippen LogP contribution in [0.15, 0.2) is 12.1 Å². The molecule has 0 spiro atoms. The van der Waals surface area contributed by atoms with E-state index in [0.29, 0.717) is 16.4 Å². The van der Waals surface area contributed by atoms with Gasteiger partial charge in [-0.2, -0.15) is 0 Å². The molecule has 6 heteroatoms. The van der Waals surface area contributed by atoms with Gasteiger partial charge >= 0.3 is 0 Å². The van der Waals surface area contributed by atoms with Crippen LogP contribution in [-0.2, 0) is 4.79 Å². The Morgan fingerprint density at radius 2 is 2.17 bits per heavy atom. The number of aliphatic hydroxyl groups excluding tert-OH is 1. The molecule has 3 N–H and O–H groups in total. The van der Waals surface area contributed by atoms with Crippen molar-refractivity contribution in [2.45, 2.75) is 19.8 Å². The van der Waals surface area contributed by atoms with Crippen molar-refractivity contribution in [3.63, 3.8) is 0 Å². The van der Waals surface area contributed by atoms with Gasteiger partial charge in [0.2, 0.25) is 5.91 Å². The largest absolute Gasteiger partial charge is 0.396 e. The maximum Gasteiger partial charge on any atom is 0.261 e. The number of carbonyl (C=O) groups excluding carboxylic acids is 2. The number of carbonyl (C=O) groups is 2. The summed E-state index contributed by atoms with van der Waals surface area (Å²) < 4.78 is 0. The zero-order chi connectivity index (χ0) is 13.2. The molecular formula is C12H16N2O3S. The summed E-state index contributed by atoms with van der Waals surface area (Å²) in [5.41, 5.74) is -0.0899. The van der Waals surface area contributed by atoms with Crippen LogP contribution in [0, 0.1) is 5.41 Å². The van der Waals surface area contributed by atoms with Gasteiger partial charge < -0.3 is 15.7 Å². The first kappa shape index (κ1) is 13.0. The molecule has 0 unspecified atom stereocenters. The zero-order valence-corrected chi connectivity index (χ0v) is 11.0. The van der Waals surface area contributed by atoms with E-state index in [1.807, 2.05) is 0 Å². The molecule has 1 aliphatic rings. The van der Waals surface area contributed by atoms with Gasteiger partial charge in [-0.05, 0) is 25.0 Å². The molecule has 2 rings (SSSR count). The van der Waals surface area contributed by atoms with E-state index < -0.39 is 0 Å². The predicted molar refractivity (Wildman–Crippen MR) is 69.7 cm³/mol. The van der Waals surface area contributed by atoms with Crippen molar-refractivity contribution in [1.29, 1.82) is 0 Å². The van der Waals surface area contributed by atoms with Crippen LogP contribution in [-0.4, -0.2) is 30.1 Å². The van der Waals surface area contributed by atoms with E-state index in [1.54, 1.807) is 12.1 Å². The maximum atomic E-state index is 11.8. The predicted octanol–water partition coefficient (Wildman–Crippen LogP) is 1.21. The van der Waals surface area contributed by atoms with E-state index >= 15 is 0 Å². The van der Waals surface area contributed by atoms with E-state index in [4.69, 9.17) is 5.11 Å². The summed E-state index contributed by atoms with van der Waals surface area (Å²) in [7, 11) is 0. The highest BCUT2D eigenvalue weighted by atomic mass is 32.1. The van der Waals surface area contributed by atoms with Crippen LogP contribution in [0.1, 0.15) is 29.4 Å². The molecule has 1 fully saturated rings. The minimum Gasteiger partial charge on any atom is -0.396 e. The molecule has 1 heterocycles. The fraction of sp³-hybridized carbons (Fsp3) is 0.500. The minimum atomic E-state index is -0.156. The fourth-order valence-electron chi connectivity index (χ4n) is 1.62. The quantitative estimate of drug-likeness (QED) is 0.751. The van der Waals surface area contributed by atoms with Gasteiger partial charge in [0.05, 0.1) is 16.5 Å². The van der Waals surface area contributed by atoms with Crippen molar-refractivity contribution in [3.05, 3.63) is 17.0 Å². The Morgan fingerprint density at radius 3 is 2.72 bits per heavy atom. The summed E-state index contributed by atoms with van der Waals surface area (Å²) in [5.74, 6) is -0.308. The third kappa shape index (κ3) is 3.08. The highest BCUT2D eigenvalue weighted by molar-refractivity contribution is 7.18. The number of amides is 2. The summed E-state index contributed by atoms with van der Waals surface area (Å²) in [6, 6.07) is 3.39. The lowest BCUT2D eigenvalue weighted by Gasteiger charge is -2.11. The van der Waals surface area contributed by atoms with Gasteiger partial charge in [-0.1, -0.05) is 0 Å². The Bertz CT molecular complexity index is 466. The van der Waals surface area contributed by atoms with Gasteiger partial charge in [-0.15, -0.1) is 11.3 Å². The second-order valence-electron chi connectivity index (χ2n) is 4.69. The highest BCUT2D eigenvalue weighted by Crippen LogP contribution is 2.44. The van der Waals surface area contributed by atoms with Crippen molar-refractivity contribution in [2.24, 2.45) is 5.41 Å². The van der Waals surface area contributed by atoms with Gasteiger partial charge in [0.15, 0.2) is 0 Å². The molecule has 1 aromatic heterocycles. The fourth-order valence-corrected chi connectivity index (χ4v) is 2.49. The van der Waals surface area contributed by atoms with Crippen molar-refractivity contribution in [3.8, 4) is 0 Å². The Labute approximate surface area is 109 Å². The molecular weight excluding hydrogens is 252 g/mol. The number of hydrogen-bond donors (Lipinski definition) is 3. The van der Waals surface area contributed by atoms with Crippen molar-refractivity contribution in [1.82, 2.24) is 5.32 Å². The van der Waals surface area contributed by atoms with Gasteiger partial charge in [-0.25, -0.2) is 0 Å². The van der Waals surface area contributed by atoms with E-state index in [9.17, 15) is 9.59 Å². The number of nitrogens with one attached hydrogen (secondary N) is 2. The van der Waals surface area contributed by atoms with Crippen molar-refractivity contribution >= 4 is 28.2 Å². The number of anilines is 1. The van der Waals surface area contributed by atoms with E-state index in [1.165, 1.54) is 18.3 Å². The van der Waals surface area contributed by atoms with Crippen LogP contribution in [0.3, 0.4) is 0 Å². The third-order valence-electron chi connectivity index (χ3n) is 3.05. The smallest absolute Gasteiger partial charge is 0.261 e. The van der Waals surface area contributed by atoms with E-state index in [2.05, 4.69) is 10.6 Å². The summed E-state index contributed by atoms with van der Waals surface area (Å²) in [4.78, 5) is 23.3. The zero-order valence-electron chi connectivity index (χ0n) is 10.2. The van der Waals surface area contributed by atoms with Crippen molar-refractivity contribution in [2.75, 3.05) is 18.5 Å². The summed E-state index contributed by atoms with van der Waals surface area (Å²) in [6.07, 6.45) is 1.93. The summed E-state index contributed by atoms with van der Waals surface area (Å²) >= 11 is 1.24. The molecule has 0 radical (unpaired) electrons. The standard InChI is InChI=1S/C12H16N2O3S/c1-8(16)14-10-3-2-9(18-10)11(17)13-6-12(7-15)4-5-12/h2-3,15H,4-7H2,1H3,(H,13,17)(H,14,16). The minimum absolute atomic E-state index is 0.0899. The Balaban J connectivity index is 1.88. The molecule has 0 atom stereocenters. The molecule has 2 amide bonds. The van der Waals surface area contributed by atoms with Gasteiger partial charge in [0, 0.05) is 18.9 Å². The first-order chi connectivity index (χ1) is 8.54. The van der Waals surface area contributed by atoms with E-state index in [-0.39, 0.29) is 23.8 Å². The Kier molecular flexibility index (Phi) is 3.68. The number of rotatable bonds is 5. The molecule has 0 saturated heterocycles. The van der Waals surface area contributed by atoms with Crippen LogP contribution in [0.25, 0.3) is 0 Å². The first-order valence-electron chi connectivity index (χ1n) is 5.81. The van der Waals surface area contributed by atoms with Crippen LogP contribution in [0.5, 0.6) is 0 Å². The lowest BCUT2D eigenvalue weighted by atomic mass is 10.1. The summed E-state index contributed by atoms with van der Waals surface area (Å²) in [5, 5.41) is 15.3. The van der Waals surface area contributed by atoms with Gasteiger partial charge in [0.1, 0.15) is 0 Å². The second-order valence-corrected chi connectivity index (χ2v) is 5.77. The first-order valence-corrected chi connectivity index (χ1v) is 6.63. The monoisotopic (exact) mass is 268 g/mol. The molecule has 5 nitrogen and oxygen atoms in total. The molecule has 18 heavy (non-hydrogen) atoms. The molecule has 1 saturated carbocycles. The van der Waals surface area contributed by atoms with Crippen LogP contribution in [0.2, 0.25) is 0 Å². The van der Waals surface area contributed by atoms with Crippen LogP contribution >= 0.6 is 11.3 Å². The van der Waals surface area contributed by atoms with Crippen LogP contribution < -0.4 is 10.6 Å². The lowest BCUT2D eigenvalue weighted by molar-refractivity contribution is -0.114.